The largest absolute Gasteiger partial charge is 0.397 e. The highest BCUT2D eigenvalue weighted by Gasteiger charge is 2.13. The Morgan fingerprint density at radius 1 is 1.41 bits per heavy atom. The van der Waals surface area contributed by atoms with E-state index >= 15 is 0 Å². The van der Waals surface area contributed by atoms with Gasteiger partial charge in [0.1, 0.15) is 4.88 Å². The van der Waals surface area contributed by atoms with E-state index in [1.807, 2.05) is 13.0 Å². The van der Waals surface area contributed by atoms with Crippen molar-refractivity contribution in [3.8, 4) is 0 Å². The van der Waals surface area contributed by atoms with Crippen LogP contribution in [0.15, 0.2) is 6.07 Å². The minimum atomic E-state index is -0.0865. The monoisotopic (exact) mass is 255 g/mol. The van der Waals surface area contributed by atoms with Crippen LogP contribution in [-0.2, 0) is 0 Å². The van der Waals surface area contributed by atoms with Gasteiger partial charge in [-0.2, -0.15) is 0 Å². The molecule has 0 saturated carbocycles. The molecule has 0 atom stereocenters. The van der Waals surface area contributed by atoms with Crippen LogP contribution < -0.4 is 16.4 Å². The molecule has 1 aromatic rings. The molecule has 1 heterocycles. The molecule has 0 radical (unpaired) electrons. The lowest BCUT2D eigenvalue weighted by molar-refractivity contribution is 0.0960. The van der Waals surface area contributed by atoms with Crippen LogP contribution >= 0.6 is 11.3 Å². The van der Waals surface area contributed by atoms with E-state index < -0.39 is 0 Å². The third-order valence-electron chi connectivity index (χ3n) is 2.38. The van der Waals surface area contributed by atoms with E-state index in [1.54, 1.807) is 0 Å². The van der Waals surface area contributed by atoms with E-state index in [2.05, 4.69) is 17.6 Å². The topological polar surface area (TPSA) is 67.1 Å². The van der Waals surface area contributed by atoms with Crippen LogP contribution in [-0.4, -0.2) is 19.0 Å². The molecule has 1 aromatic heterocycles. The molecule has 0 bridgehead atoms. The molecular formula is C12H21N3OS. The van der Waals surface area contributed by atoms with Gasteiger partial charge in [-0.25, -0.2) is 0 Å². The van der Waals surface area contributed by atoms with Crippen molar-refractivity contribution in [2.45, 2.75) is 33.1 Å². The molecule has 0 spiro atoms. The van der Waals surface area contributed by atoms with Crippen LogP contribution in [0.5, 0.6) is 0 Å². The predicted molar refractivity (Wildman–Crippen MR) is 74.8 cm³/mol. The predicted octanol–water partition coefficient (Wildman–Crippen LogP) is 2.68. The highest BCUT2D eigenvalue weighted by molar-refractivity contribution is 7.18. The lowest BCUT2D eigenvalue weighted by atomic mass is 10.2. The van der Waals surface area contributed by atoms with E-state index in [-0.39, 0.29) is 5.91 Å². The van der Waals surface area contributed by atoms with Gasteiger partial charge in [0.05, 0.1) is 10.7 Å². The molecule has 0 unspecified atom stereocenters. The Kier molecular flexibility index (Phi) is 5.83. The van der Waals surface area contributed by atoms with Crippen LogP contribution in [0.3, 0.4) is 0 Å². The first-order valence-electron chi connectivity index (χ1n) is 6.10. The molecule has 1 rings (SSSR count). The fourth-order valence-corrected chi connectivity index (χ4v) is 2.42. The summed E-state index contributed by atoms with van der Waals surface area (Å²) >= 11 is 1.42. The van der Waals surface area contributed by atoms with Gasteiger partial charge >= 0.3 is 0 Å². The Morgan fingerprint density at radius 2 is 2.18 bits per heavy atom. The SMILES string of the molecule is CCCCCNc1cc(N)c(C(=O)NCC)s1. The highest BCUT2D eigenvalue weighted by Crippen LogP contribution is 2.29. The molecule has 0 saturated heterocycles. The molecule has 1 amide bonds. The van der Waals surface area contributed by atoms with E-state index in [1.165, 1.54) is 24.2 Å². The number of hydrogen-bond donors (Lipinski definition) is 3. The number of hydrogen-bond acceptors (Lipinski definition) is 4. The summed E-state index contributed by atoms with van der Waals surface area (Å²) in [6.45, 7) is 5.62. The highest BCUT2D eigenvalue weighted by atomic mass is 32.1. The van der Waals surface area contributed by atoms with Crippen molar-refractivity contribution in [2.24, 2.45) is 0 Å². The molecule has 0 aliphatic rings. The Hall–Kier alpha value is -1.23. The zero-order valence-electron chi connectivity index (χ0n) is 10.5. The second-order valence-electron chi connectivity index (χ2n) is 3.89. The number of nitrogen functional groups attached to an aromatic ring is 1. The maximum Gasteiger partial charge on any atom is 0.263 e. The van der Waals surface area contributed by atoms with Crippen molar-refractivity contribution in [1.82, 2.24) is 5.32 Å². The maximum absolute atomic E-state index is 11.6. The Labute approximate surface area is 107 Å². The van der Waals surface area contributed by atoms with Gasteiger partial charge in [0.25, 0.3) is 5.91 Å². The minimum absolute atomic E-state index is 0.0865. The Balaban J connectivity index is 2.52. The zero-order valence-corrected chi connectivity index (χ0v) is 11.3. The van der Waals surface area contributed by atoms with Gasteiger partial charge in [-0.1, -0.05) is 19.8 Å². The van der Waals surface area contributed by atoms with Gasteiger partial charge in [0.15, 0.2) is 0 Å². The van der Waals surface area contributed by atoms with E-state index in [9.17, 15) is 4.79 Å². The van der Waals surface area contributed by atoms with Gasteiger partial charge in [0.2, 0.25) is 0 Å². The van der Waals surface area contributed by atoms with Crippen LogP contribution in [0.4, 0.5) is 10.7 Å². The summed E-state index contributed by atoms with van der Waals surface area (Å²) in [6, 6.07) is 1.83. The number of nitrogens with one attached hydrogen (secondary N) is 2. The number of unbranched alkanes of at least 4 members (excludes halogenated alkanes) is 2. The molecule has 4 N–H and O–H groups in total. The average Bonchev–Trinajstić information content (AvgIpc) is 2.66. The fraction of sp³-hybridized carbons (Fsp3) is 0.583. The maximum atomic E-state index is 11.6. The summed E-state index contributed by atoms with van der Waals surface area (Å²) in [6.07, 6.45) is 3.57. The molecule has 0 aromatic carbocycles. The molecule has 5 heteroatoms. The lowest BCUT2D eigenvalue weighted by Crippen LogP contribution is -2.22. The van der Waals surface area contributed by atoms with Crippen molar-refractivity contribution in [3.05, 3.63) is 10.9 Å². The quantitative estimate of drug-likeness (QED) is 0.656. The van der Waals surface area contributed by atoms with Crippen molar-refractivity contribution >= 4 is 27.9 Å². The van der Waals surface area contributed by atoms with Gasteiger partial charge in [0, 0.05) is 13.1 Å². The van der Waals surface area contributed by atoms with Crippen molar-refractivity contribution in [2.75, 3.05) is 24.1 Å². The van der Waals surface area contributed by atoms with E-state index in [4.69, 9.17) is 5.73 Å². The molecule has 4 nitrogen and oxygen atoms in total. The molecule has 17 heavy (non-hydrogen) atoms. The second kappa shape index (κ2) is 7.17. The Morgan fingerprint density at radius 3 is 2.82 bits per heavy atom. The van der Waals surface area contributed by atoms with Crippen molar-refractivity contribution in [1.29, 1.82) is 0 Å². The third kappa shape index (κ3) is 4.26. The first kappa shape index (κ1) is 13.8. The normalized spacial score (nSPS) is 10.2. The summed E-state index contributed by atoms with van der Waals surface area (Å²) in [5.41, 5.74) is 6.37. The minimum Gasteiger partial charge on any atom is -0.397 e. The van der Waals surface area contributed by atoms with Gasteiger partial charge < -0.3 is 16.4 Å². The average molecular weight is 255 g/mol. The summed E-state index contributed by atoms with van der Waals surface area (Å²) < 4.78 is 0. The number of anilines is 2. The Bertz CT molecular complexity index is 363. The van der Waals surface area contributed by atoms with E-state index in [0.29, 0.717) is 17.1 Å². The molecule has 0 aliphatic heterocycles. The summed E-state index contributed by atoms with van der Waals surface area (Å²) in [5.74, 6) is -0.0865. The number of thiophene rings is 1. The number of rotatable bonds is 7. The smallest absolute Gasteiger partial charge is 0.263 e. The standard InChI is InChI=1S/C12H21N3OS/c1-3-5-6-7-15-10-8-9(13)11(17-10)12(16)14-4-2/h8,15H,3-7,13H2,1-2H3,(H,14,16). The van der Waals surface area contributed by atoms with Crippen LogP contribution in [0.25, 0.3) is 0 Å². The van der Waals surface area contributed by atoms with Gasteiger partial charge in [-0.3, -0.25) is 4.79 Å². The number of nitrogens with two attached hydrogens (primary N) is 1. The lowest BCUT2D eigenvalue weighted by Gasteiger charge is -2.01. The molecule has 96 valence electrons. The number of carbonyl (C=O) groups excluding carboxylic acids is 1. The molecule has 0 fully saturated rings. The molecular weight excluding hydrogens is 234 g/mol. The first-order chi connectivity index (χ1) is 8.19. The van der Waals surface area contributed by atoms with Crippen LogP contribution in [0.1, 0.15) is 42.8 Å². The fourth-order valence-electron chi connectivity index (χ4n) is 1.50. The summed E-state index contributed by atoms with van der Waals surface area (Å²) in [4.78, 5) is 12.2. The summed E-state index contributed by atoms with van der Waals surface area (Å²) in [5, 5.41) is 7.02. The first-order valence-corrected chi connectivity index (χ1v) is 6.92. The van der Waals surface area contributed by atoms with E-state index in [0.717, 1.165) is 18.0 Å². The second-order valence-corrected chi connectivity index (χ2v) is 4.94. The van der Waals surface area contributed by atoms with Gasteiger partial charge in [-0.05, 0) is 19.4 Å². The van der Waals surface area contributed by atoms with Gasteiger partial charge in [-0.15, -0.1) is 11.3 Å². The van der Waals surface area contributed by atoms with Crippen molar-refractivity contribution in [3.63, 3.8) is 0 Å². The van der Waals surface area contributed by atoms with Crippen molar-refractivity contribution < 1.29 is 4.79 Å². The van der Waals surface area contributed by atoms with Crippen LogP contribution in [0, 0.1) is 0 Å². The summed E-state index contributed by atoms with van der Waals surface area (Å²) in [7, 11) is 0. The number of amides is 1. The third-order valence-corrected chi connectivity index (χ3v) is 3.49. The molecule has 0 aliphatic carbocycles. The van der Waals surface area contributed by atoms with Crippen LogP contribution in [0.2, 0.25) is 0 Å². The number of carbonyl (C=O) groups is 1. The zero-order chi connectivity index (χ0) is 12.7.